The van der Waals surface area contributed by atoms with E-state index in [1.54, 1.807) is 0 Å². The fourth-order valence-corrected chi connectivity index (χ4v) is 1.74. The zero-order chi connectivity index (χ0) is 12.8. The van der Waals surface area contributed by atoms with Gasteiger partial charge in [0.15, 0.2) is 0 Å². The number of unbranched alkanes of at least 4 members (excludes halogenated alkanes) is 1. The van der Waals surface area contributed by atoms with E-state index >= 15 is 0 Å². The number of hydrogen-bond acceptors (Lipinski definition) is 2. The third-order valence-corrected chi connectivity index (χ3v) is 2.79. The summed E-state index contributed by atoms with van der Waals surface area (Å²) in [7, 11) is 0. The maximum atomic E-state index is 5.23. The lowest BCUT2D eigenvalue weighted by Gasteiger charge is -2.03. The molecule has 0 saturated heterocycles. The molecule has 0 bridgehead atoms. The van der Waals surface area contributed by atoms with Gasteiger partial charge in [0.05, 0.1) is 11.4 Å². The zero-order valence-electron chi connectivity index (χ0n) is 10.6. The monoisotopic (exact) mass is 236 g/mol. The quantitative estimate of drug-likeness (QED) is 0.600. The first kappa shape index (κ1) is 12.3. The highest BCUT2D eigenvalue weighted by atomic mass is 14.8. The molecule has 2 aromatic rings. The number of terminal acetylenes is 1. The van der Waals surface area contributed by atoms with Crippen LogP contribution in [0.15, 0.2) is 36.7 Å². The van der Waals surface area contributed by atoms with E-state index in [0.717, 1.165) is 36.2 Å². The molecule has 0 saturated carbocycles. The summed E-state index contributed by atoms with van der Waals surface area (Å²) in [4.78, 5) is 8.81. The maximum absolute atomic E-state index is 5.23. The van der Waals surface area contributed by atoms with Crippen LogP contribution >= 0.6 is 0 Å². The van der Waals surface area contributed by atoms with Crippen molar-refractivity contribution in [2.24, 2.45) is 0 Å². The minimum Gasteiger partial charge on any atom is -0.254 e. The maximum Gasteiger partial charge on any atom is 0.0886 e. The molecular weight excluding hydrogens is 220 g/mol. The van der Waals surface area contributed by atoms with E-state index in [2.05, 4.69) is 22.0 Å². The van der Waals surface area contributed by atoms with Crippen molar-refractivity contribution in [1.82, 2.24) is 9.97 Å². The van der Waals surface area contributed by atoms with E-state index in [9.17, 15) is 0 Å². The Labute approximate surface area is 108 Å². The summed E-state index contributed by atoms with van der Waals surface area (Å²) in [6.45, 7) is 2.03. The second-order valence-corrected chi connectivity index (χ2v) is 4.33. The predicted octanol–water partition coefficient (Wildman–Crippen LogP) is 3.41. The van der Waals surface area contributed by atoms with Crippen LogP contribution in [0.2, 0.25) is 0 Å². The highest BCUT2D eigenvalue weighted by Gasteiger charge is 2.00. The number of rotatable bonds is 4. The van der Waals surface area contributed by atoms with Crippen molar-refractivity contribution in [3.05, 3.63) is 47.8 Å². The molecule has 2 aromatic heterocycles. The molecule has 0 atom stereocenters. The van der Waals surface area contributed by atoms with Gasteiger partial charge in [-0.25, -0.2) is 0 Å². The van der Waals surface area contributed by atoms with Crippen LogP contribution in [0.4, 0.5) is 0 Å². The minimum absolute atomic E-state index is 0.821. The van der Waals surface area contributed by atoms with Gasteiger partial charge in [-0.2, -0.15) is 0 Å². The number of nitrogens with zero attached hydrogens (tertiary/aromatic N) is 2. The third kappa shape index (κ3) is 3.18. The van der Waals surface area contributed by atoms with E-state index in [4.69, 9.17) is 6.42 Å². The average Bonchev–Trinajstić information content (AvgIpc) is 2.41. The summed E-state index contributed by atoms with van der Waals surface area (Å²) >= 11 is 0. The fourth-order valence-electron chi connectivity index (χ4n) is 1.74. The number of aromatic nitrogens is 2. The molecule has 0 unspecified atom stereocenters. The summed E-state index contributed by atoms with van der Waals surface area (Å²) < 4.78 is 0. The number of hydrogen-bond donors (Lipinski definition) is 0. The van der Waals surface area contributed by atoms with Gasteiger partial charge in [0.1, 0.15) is 0 Å². The molecule has 2 nitrogen and oxygen atoms in total. The largest absolute Gasteiger partial charge is 0.254 e. The van der Waals surface area contributed by atoms with Gasteiger partial charge in [-0.05, 0) is 43.0 Å². The molecule has 0 aromatic carbocycles. The van der Waals surface area contributed by atoms with Crippen molar-refractivity contribution >= 4 is 0 Å². The molecule has 0 fully saturated rings. The summed E-state index contributed by atoms with van der Waals surface area (Å²) in [6, 6.07) is 8.16. The van der Waals surface area contributed by atoms with Gasteiger partial charge in [-0.3, -0.25) is 9.97 Å². The van der Waals surface area contributed by atoms with Crippen molar-refractivity contribution in [1.29, 1.82) is 0 Å². The Morgan fingerprint density at radius 1 is 1.06 bits per heavy atom. The lowest BCUT2D eigenvalue weighted by molar-refractivity contribution is 0.853. The molecular formula is C16H16N2. The van der Waals surface area contributed by atoms with E-state index in [0.29, 0.717) is 0 Å². The topological polar surface area (TPSA) is 25.8 Å². The Kier molecular flexibility index (Phi) is 4.09. The van der Waals surface area contributed by atoms with Crippen molar-refractivity contribution in [2.45, 2.75) is 26.2 Å². The molecule has 90 valence electrons. The van der Waals surface area contributed by atoms with E-state index in [1.807, 2.05) is 37.5 Å². The SMILES string of the molecule is C#CCCCc1ccc(-c2ccc(C)cn2)nc1. The van der Waals surface area contributed by atoms with Gasteiger partial charge in [0.2, 0.25) is 0 Å². The summed E-state index contributed by atoms with van der Waals surface area (Å²) in [5.41, 5.74) is 4.21. The van der Waals surface area contributed by atoms with Gasteiger partial charge in [-0.15, -0.1) is 12.3 Å². The summed E-state index contributed by atoms with van der Waals surface area (Å²) in [6.07, 6.45) is 11.8. The Bertz CT molecular complexity index is 533. The second-order valence-electron chi connectivity index (χ2n) is 4.33. The van der Waals surface area contributed by atoms with Crippen LogP contribution in [0.1, 0.15) is 24.0 Å². The molecule has 0 N–H and O–H groups in total. The normalized spacial score (nSPS) is 10.0. The van der Waals surface area contributed by atoms with Crippen molar-refractivity contribution < 1.29 is 0 Å². The fraction of sp³-hybridized carbons (Fsp3) is 0.250. The van der Waals surface area contributed by atoms with Crippen molar-refractivity contribution in [3.8, 4) is 23.7 Å². The highest BCUT2D eigenvalue weighted by Crippen LogP contribution is 2.15. The van der Waals surface area contributed by atoms with Crippen LogP contribution in [0.25, 0.3) is 11.4 Å². The molecule has 0 amide bonds. The van der Waals surface area contributed by atoms with Crippen LogP contribution in [0, 0.1) is 19.3 Å². The first-order valence-corrected chi connectivity index (χ1v) is 6.11. The van der Waals surface area contributed by atoms with Crippen LogP contribution in [0.5, 0.6) is 0 Å². The smallest absolute Gasteiger partial charge is 0.0886 e. The molecule has 0 aliphatic rings. The highest BCUT2D eigenvalue weighted by molar-refractivity contribution is 5.53. The minimum atomic E-state index is 0.821. The van der Waals surface area contributed by atoms with E-state index < -0.39 is 0 Å². The number of pyridine rings is 2. The molecule has 2 heterocycles. The first-order valence-electron chi connectivity index (χ1n) is 6.11. The van der Waals surface area contributed by atoms with Gasteiger partial charge in [-0.1, -0.05) is 12.1 Å². The molecule has 2 heteroatoms. The zero-order valence-corrected chi connectivity index (χ0v) is 10.6. The van der Waals surface area contributed by atoms with Gasteiger partial charge in [0, 0.05) is 18.8 Å². The van der Waals surface area contributed by atoms with Crippen LogP contribution in [-0.2, 0) is 6.42 Å². The van der Waals surface area contributed by atoms with E-state index in [-0.39, 0.29) is 0 Å². The lowest BCUT2D eigenvalue weighted by Crippen LogP contribution is -1.91. The van der Waals surface area contributed by atoms with E-state index in [1.165, 1.54) is 5.56 Å². The Morgan fingerprint density at radius 2 is 1.78 bits per heavy atom. The Hall–Kier alpha value is -2.14. The first-order chi connectivity index (χ1) is 8.79. The average molecular weight is 236 g/mol. The Balaban J connectivity index is 2.08. The number of aryl methyl sites for hydroxylation is 2. The second kappa shape index (κ2) is 5.97. The lowest BCUT2D eigenvalue weighted by atomic mass is 10.1. The Morgan fingerprint density at radius 3 is 2.33 bits per heavy atom. The molecule has 0 radical (unpaired) electrons. The summed E-state index contributed by atoms with van der Waals surface area (Å²) in [5.74, 6) is 2.65. The van der Waals surface area contributed by atoms with Gasteiger partial charge in [0.25, 0.3) is 0 Å². The molecule has 0 aliphatic carbocycles. The van der Waals surface area contributed by atoms with Crippen LogP contribution in [0.3, 0.4) is 0 Å². The van der Waals surface area contributed by atoms with Crippen LogP contribution in [-0.4, -0.2) is 9.97 Å². The molecule has 0 spiro atoms. The third-order valence-electron chi connectivity index (χ3n) is 2.79. The predicted molar refractivity (Wildman–Crippen MR) is 74.0 cm³/mol. The van der Waals surface area contributed by atoms with Crippen molar-refractivity contribution in [3.63, 3.8) is 0 Å². The van der Waals surface area contributed by atoms with Gasteiger partial charge >= 0.3 is 0 Å². The molecule has 0 aliphatic heterocycles. The van der Waals surface area contributed by atoms with Gasteiger partial charge < -0.3 is 0 Å². The van der Waals surface area contributed by atoms with Crippen LogP contribution < -0.4 is 0 Å². The van der Waals surface area contributed by atoms with Crippen molar-refractivity contribution in [2.75, 3.05) is 0 Å². The molecule has 2 rings (SSSR count). The molecule has 18 heavy (non-hydrogen) atoms. The summed E-state index contributed by atoms with van der Waals surface area (Å²) in [5, 5.41) is 0. The standard InChI is InChI=1S/C16H16N2/c1-3-4-5-6-14-8-10-16(18-12-14)15-9-7-13(2)11-17-15/h1,7-12H,4-6H2,2H3.